The highest BCUT2D eigenvalue weighted by molar-refractivity contribution is 6.74. The maximum Gasteiger partial charge on any atom is 0.192 e. The first kappa shape index (κ1) is 30.3. The molecule has 0 heterocycles. The van der Waals surface area contributed by atoms with Crippen molar-refractivity contribution < 1.29 is 9.16 Å². The van der Waals surface area contributed by atoms with E-state index >= 15 is 0 Å². The van der Waals surface area contributed by atoms with E-state index in [2.05, 4.69) is 86.7 Å². The number of rotatable bonds is 9. The average Bonchev–Trinajstić information content (AvgIpc) is 3.33. The molecule has 4 rings (SSSR count). The standard InChI is InChI=1S/C35H60O2Si/c1-23(2)24(3)15-16-25(4)29-17-18-30-27(14-13-19-34(29,30)9)20-32(36-10)35-22-28(35)21-31(26(35)5)37-38(11,12)33(6,7)8/h15-16,20,23-25,28-32H,5,13-14,17-19,21-22H2,1-4,6-12H3/b16-15+,27-20+/t24-,25+,28+,29+,30-,31?,32+,34?,35-/m0/s1. The van der Waals surface area contributed by atoms with E-state index in [0.717, 1.165) is 12.3 Å². The molecular weight excluding hydrogens is 480 g/mol. The molecule has 4 saturated carbocycles. The van der Waals surface area contributed by atoms with Crippen molar-refractivity contribution in [2.24, 2.45) is 46.3 Å². The third-order valence-corrected chi connectivity index (χ3v) is 16.9. The summed E-state index contributed by atoms with van der Waals surface area (Å²) in [6.07, 6.45) is 17.0. The van der Waals surface area contributed by atoms with Crippen LogP contribution in [0.25, 0.3) is 0 Å². The number of hydrogen-bond donors (Lipinski definition) is 0. The highest BCUT2D eigenvalue weighted by Crippen LogP contribution is 2.70. The van der Waals surface area contributed by atoms with Gasteiger partial charge in [-0.3, -0.25) is 0 Å². The summed E-state index contributed by atoms with van der Waals surface area (Å²) in [7, 11) is 0.104. The predicted molar refractivity (Wildman–Crippen MR) is 166 cm³/mol. The fraction of sp³-hybridized carbons (Fsp3) is 0.829. The lowest BCUT2D eigenvalue weighted by Crippen LogP contribution is -2.44. The van der Waals surface area contributed by atoms with Gasteiger partial charge in [-0.05, 0) is 110 Å². The van der Waals surface area contributed by atoms with Crippen LogP contribution in [0, 0.1) is 46.3 Å². The quantitative estimate of drug-likeness (QED) is 0.214. The van der Waals surface area contributed by atoms with Crippen molar-refractivity contribution in [1.82, 2.24) is 0 Å². The molecule has 38 heavy (non-hydrogen) atoms. The second-order valence-electron chi connectivity index (χ2n) is 15.9. The van der Waals surface area contributed by atoms with Gasteiger partial charge in [0.25, 0.3) is 0 Å². The van der Waals surface area contributed by atoms with Gasteiger partial charge in [0.1, 0.15) is 0 Å². The lowest BCUT2D eigenvalue weighted by atomic mass is 9.61. The van der Waals surface area contributed by atoms with E-state index in [9.17, 15) is 0 Å². The average molecular weight is 541 g/mol. The van der Waals surface area contributed by atoms with Crippen molar-refractivity contribution in [1.29, 1.82) is 0 Å². The third-order valence-electron chi connectivity index (χ3n) is 12.5. The summed E-state index contributed by atoms with van der Waals surface area (Å²) in [5, 5.41) is 0.223. The molecule has 0 aromatic rings. The second kappa shape index (κ2) is 10.6. The maximum absolute atomic E-state index is 6.92. The number of hydrogen-bond acceptors (Lipinski definition) is 2. The molecule has 4 aliphatic carbocycles. The van der Waals surface area contributed by atoms with E-state index in [1.807, 2.05) is 7.11 Å². The van der Waals surface area contributed by atoms with Gasteiger partial charge in [0.05, 0.1) is 12.2 Å². The Balaban J connectivity index is 1.51. The summed E-state index contributed by atoms with van der Waals surface area (Å²) in [4.78, 5) is 0. The van der Waals surface area contributed by atoms with E-state index in [4.69, 9.17) is 15.7 Å². The van der Waals surface area contributed by atoms with Gasteiger partial charge in [-0.2, -0.15) is 0 Å². The van der Waals surface area contributed by atoms with Crippen molar-refractivity contribution >= 4 is 8.32 Å². The molecule has 216 valence electrons. The fourth-order valence-corrected chi connectivity index (χ4v) is 9.69. The number of allylic oxidation sites excluding steroid dienone is 3. The minimum absolute atomic E-state index is 0.101. The molecule has 2 unspecified atom stereocenters. The van der Waals surface area contributed by atoms with E-state index in [1.165, 1.54) is 44.1 Å². The number of fused-ring (bicyclic) bond motifs is 2. The van der Waals surface area contributed by atoms with E-state index in [-0.39, 0.29) is 22.7 Å². The monoisotopic (exact) mass is 540 g/mol. The van der Waals surface area contributed by atoms with Gasteiger partial charge in [-0.15, -0.1) is 0 Å². The molecular formula is C35H60O2Si. The second-order valence-corrected chi connectivity index (χ2v) is 20.7. The molecule has 3 heteroatoms. The Hall–Kier alpha value is -0.643. The van der Waals surface area contributed by atoms with Crippen LogP contribution >= 0.6 is 0 Å². The zero-order valence-corrected chi connectivity index (χ0v) is 27.8. The van der Waals surface area contributed by atoms with Crippen LogP contribution in [0.1, 0.15) is 100 Å². The zero-order valence-electron chi connectivity index (χ0n) is 26.8. The van der Waals surface area contributed by atoms with Gasteiger partial charge in [-0.25, -0.2) is 0 Å². The van der Waals surface area contributed by atoms with Crippen molar-refractivity contribution in [3.63, 3.8) is 0 Å². The minimum Gasteiger partial charge on any atom is -0.410 e. The Labute approximate surface area is 237 Å². The van der Waals surface area contributed by atoms with Crippen molar-refractivity contribution in [3.8, 4) is 0 Å². The molecule has 0 aromatic carbocycles. The van der Waals surface area contributed by atoms with Crippen LogP contribution < -0.4 is 0 Å². The van der Waals surface area contributed by atoms with Crippen molar-refractivity contribution in [3.05, 3.63) is 36.0 Å². The van der Waals surface area contributed by atoms with Gasteiger partial charge in [0.2, 0.25) is 0 Å². The lowest BCUT2D eigenvalue weighted by Gasteiger charge is -2.44. The first-order valence-corrected chi connectivity index (χ1v) is 18.8. The van der Waals surface area contributed by atoms with Crippen molar-refractivity contribution in [2.75, 3.05) is 7.11 Å². The Morgan fingerprint density at radius 3 is 2.37 bits per heavy atom. The molecule has 0 aliphatic heterocycles. The topological polar surface area (TPSA) is 18.5 Å². The fourth-order valence-electron chi connectivity index (χ4n) is 8.39. The largest absolute Gasteiger partial charge is 0.410 e. The van der Waals surface area contributed by atoms with Gasteiger partial charge < -0.3 is 9.16 Å². The Bertz CT molecular complexity index is 938. The molecule has 4 fully saturated rings. The minimum atomic E-state index is -1.83. The summed E-state index contributed by atoms with van der Waals surface area (Å²) in [5.41, 5.74) is 3.54. The van der Waals surface area contributed by atoms with Gasteiger partial charge in [0, 0.05) is 12.5 Å². The van der Waals surface area contributed by atoms with Crippen LogP contribution in [0.4, 0.5) is 0 Å². The van der Waals surface area contributed by atoms with Gasteiger partial charge in [0.15, 0.2) is 8.32 Å². The normalized spacial score (nSPS) is 39.1. The Morgan fingerprint density at radius 1 is 1.08 bits per heavy atom. The molecule has 4 aliphatic rings. The first-order valence-electron chi connectivity index (χ1n) is 15.9. The molecule has 0 aromatic heterocycles. The maximum atomic E-state index is 6.92. The van der Waals surface area contributed by atoms with Crippen LogP contribution in [0.3, 0.4) is 0 Å². The molecule has 9 atom stereocenters. The number of methoxy groups -OCH3 is 1. The SMILES string of the molecule is C=C1C(O[Si](C)(C)C(C)(C)C)C[C@@H]2C[C@]12[C@@H](/C=C1\CCCC2(C)[C@@H]([C@H](C)/C=C/[C@H](C)C(C)C)CC[C@@H]12)OC. The molecule has 0 saturated heterocycles. The summed E-state index contributed by atoms with van der Waals surface area (Å²) >= 11 is 0. The highest BCUT2D eigenvalue weighted by atomic mass is 28.4. The van der Waals surface area contributed by atoms with Gasteiger partial charge in [-0.1, -0.05) is 85.8 Å². The van der Waals surface area contributed by atoms with Crippen LogP contribution in [0.2, 0.25) is 18.1 Å². The van der Waals surface area contributed by atoms with E-state index in [1.54, 1.807) is 5.57 Å². The Kier molecular flexibility index (Phi) is 8.49. The smallest absolute Gasteiger partial charge is 0.192 e. The highest BCUT2D eigenvalue weighted by Gasteiger charge is 2.67. The summed E-state index contributed by atoms with van der Waals surface area (Å²) in [5.74, 6) is 4.18. The zero-order chi connectivity index (χ0) is 28.3. The van der Waals surface area contributed by atoms with Gasteiger partial charge >= 0.3 is 0 Å². The van der Waals surface area contributed by atoms with E-state index in [0.29, 0.717) is 35.0 Å². The number of ether oxygens (including phenoxy) is 1. The molecule has 0 N–H and O–H groups in total. The van der Waals surface area contributed by atoms with Crippen LogP contribution in [-0.4, -0.2) is 27.6 Å². The molecule has 2 nitrogen and oxygen atoms in total. The molecule has 0 radical (unpaired) electrons. The first-order chi connectivity index (χ1) is 17.6. The van der Waals surface area contributed by atoms with Crippen LogP contribution in [0.15, 0.2) is 36.0 Å². The molecule has 0 bridgehead atoms. The molecule has 0 spiro atoms. The third kappa shape index (κ3) is 5.23. The Morgan fingerprint density at radius 2 is 1.76 bits per heavy atom. The van der Waals surface area contributed by atoms with Crippen LogP contribution in [-0.2, 0) is 9.16 Å². The van der Waals surface area contributed by atoms with Crippen molar-refractivity contribution in [2.45, 2.75) is 131 Å². The summed E-state index contributed by atoms with van der Waals surface area (Å²) in [6, 6.07) is 0. The van der Waals surface area contributed by atoms with E-state index < -0.39 is 8.32 Å². The molecule has 0 amide bonds. The summed E-state index contributed by atoms with van der Waals surface area (Å²) in [6.45, 7) is 28.6. The lowest BCUT2D eigenvalue weighted by molar-refractivity contribution is 0.0800. The predicted octanol–water partition coefficient (Wildman–Crippen LogP) is 9.99. The van der Waals surface area contributed by atoms with Crippen LogP contribution in [0.5, 0.6) is 0 Å². The summed E-state index contributed by atoms with van der Waals surface area (Å²) < 4.78 is 13.3.